The number of halogens is 3. The molecule has 0 saturated carbocycles. The SMILES string of the molecule is CC(C)Cc1ccc(C(Br)c2cc(Cl)ccc2F)cc1. The molecule has 2 aromatic rings. The van der Waals surface area contributed by atoms with Crippen molar-refractivity contribution in [2.45, 2.75) is 25.1 Å². The largest absolute Gasteiger partial charge is 0.207 e. The highest BCUT2D eigenvalue weighted by molar-refractivity contribution is 9.09. The standard InChI is InChI=1S/C17H17BrClF/c1-11(2)9-12-3-5-13(6-4-12)17(18)15-10-14(19)7-8-16(15)20/h3-8,10-11,17H,9H2,1-2H3. The van der Waals surface area contributed by atoms with Crippen LogP contribution < -0.4 is 0 Å². The smallest absolute Gasteiger partial charge is 0.127 e. The predicted octanol–water partition coefficient (Wildman–Crippen LogP) is 6.16. The maximum Gasteiger partial charge on any atom is 0.127 e. The molecule has 0 amide bonds. The van der Waals surface area contributed by atoms with E-state index in [2.05, 4.69) is 41.9 Å². The van der Waals surface area contributed by atoms with Gasteiger partial charge in [0, 0.05) is 10.6 Å². The van der Waals surface area contributed by atoms with Crippen LogP contribution in [-0.2, 0) is 6.42 Å². The summed E-state index contributed by atoms with van der Waals surface area (Å²) in [6.07, 6.45) is 1.05. The normalized spacial score (nSPS) is 12.7. The van der Waals surface area contributed by atoms with Crippen LogP contribution in [0.2, 0.25) is 5.02 Å². The second-order valence-corrected chi connectivity index (χ2v) is 6.72. The molecule has 0 aliphatic heterocycles. The molecule has 3 heteroatoms. The first-order valence-corrected chi connectivity index (χ1v) is 7.94. The Hall–Kier alpha value is -0.860. The van der Waals surface area contributed by atoms with Gasteiger partial charge in [0.2, 0.25) is 0 Å². The molecule has 0 N–H and O–H groups in total. The Morgan fingerprint density at radius 2 is 1.75 bits per heavy atom. The van der Waals surface area contributed by atoms with Crippen molar-refractivity contribution < 1.29 is 4.39 Å². The molecule has 106 valence electrons. The van der Waals surface area contributed by atoms with Crippen LogP contribution in [0, 0.1) is 11.7 Å². The van der Waals surface area contributed by atoms with Gasteiger partial charge in [-0.25, -0.2) is 4.39 Å². The number of hydrogen-bond acceptors (Lipinski definition) is 0. The van der Waals surface area contributed by atoms with E-state index in [1.54, 1.807) is 12.1 Å². The molecule has 0 saturated heterocycles. The van der Waals surface area contributed by atoms with Crippen LogP contribution in [0.25, 0.3) is 0 Å². The Morgan fingerprint density at radius 3 is 2.35 bits per heavy atom. The van der Waals surface area contributed by atoms with Gasteiger partial charge < -0.3 is 0 Å². The zero-order valence-corrected chi connectivity index (χ0v) is 13.9. The average Bonchev–Trinajstić information content (AvgIpc) is 2.41. The lowest BCUT2D eigenvalue weighted by Crippen LogP contribution is -1.98. The van der Waals surface area contributed by atoms with Gasteiger partial charge >= 0.3 is 0 Å². The molecule has 0 bridgehead atoms. The van der Waals surface area contributed by atoms with Crippen molar-refractivity contribution >= 4 is 27.5 Å². The van der Waals surface area contributed by atoms with Crippen LogP contribution >= 0.6 is 27.5 Å². The third-order valence-corrected chi connectivity index (χ3v) is 4.40. The Morgan fingerprint density at radius 1 is 1.10 bits per heavy atom. The molecule has 0 radical (unpaired) electrons. The van der Waals surface area contributed by atoms with E-state index >= 15 is 0 Å². The van der Waals surface area contributed by atoms with E-state index in [1.165, 1.54) is 11.6 Å². The first-order valence-electron chi connectivity index (χ1n) is 6.65. The molecule has 2 rings (SSSR count). The van der Waals surface area contributed by atoms with Gasteiger partial charge in [-0.2, -0.15) is 0 Å². The van der Waals surface area contributed by atoms with Crippen molar-refractivity contribution in [2.75, 3.05) is 0 Å². The van der Waals surface area contributed by atoms with Gasteiger partial charge in [-0.15, -0.1) is 0 Å². The highest BCUT2D eigenvalue weighted by atomic mass is 79.9. The summed E-state index contributed by atoms with van der Waals surface area (Å²) in [6, 6.07) is 12.9. The van der Waals surface area contributed by atoms with E-state index in [0.29, 0.717) is 16.5 Å². The number of alkyl halides is 1. The summed E-state index contributed by atoms with van der Waals surface area (Å²) < 4.78 is 13.9. The number of benzene rings is 2. The highest BCUT2D eigenvalue weighted by Gasteiger charge is 2.15. The molecule has 0 nitrogen and oxygen atoms in total. The van der Waals surface area contributed by atoms with E-state index in [0.717, 1.165) is 12.0 Å². The topological polar surface area (TPSA) is 0 Å². The molecule has 0 fully saturated rings. The maximum atomic E-state index is 13.9. The zero-order chi connectivity index (χ0) is 14.7. The summed E-state index contributed by atoms with van der Waals surface area (Å²) in [5, 5.41) is 0.544. The van der Waals surface area contributed by atoms with Crippen molar-refractivity contribution in [1.29, 1.82) is 0 Å². The van der Waals surface area contributed by atoms with E-state index < -0.39 is 0 Å². The Bertz CT molecular complexity index is 578. The van der Waals surface area contributed by atoms with Crippen molar-refractivity contribution in [2.24, 2.45) is 5.92 Å². The minimum absolute atomic E-state index is 0.186. The van der Waals surface area contributed by atoms with Crippen molar-refractivity contribution in [3.8, 4) is 0 Å². The molecule has 1 atom stereocenters. The third-order valence-electron chi connectivity index (χ3n) is 3.15. The summed E-state index contributed by atoms with van der Waals surface area (Å²) in [6.45, 7) is 4.39. The van der Waals surface area contributed by atoms with Crippen LogP contribution in [0.1, 0.15) is 35.4 Å². The van der Waals surface area contributed by atoms with Crippen LogP contribution in [0.5, 0.6) is 0 Å². The van der Waals surface area contributed by atoms with Crippen LogP contribution in [0.4, 0.5) is 4.39 Å². The van der Waals surface area contributed by atoms with E-state index in [9.17, 15) is 4.39 Å². The van der Waals surface area contributed by atoms with Gasteiger partial charge in [-0.1, -0.05) is 65.6 Å². The monoisotopic (exact) mass is 354 g/mol. The minimum atomic E-state index is -0.248. The Balaban J connectivity index is 2.24. The lowest BCUT2D eigenvalue weighted by atomic mass is 9.99. The fourth-order valence-electron chi connectivity index (χ4n) is 2.18. The summed E-state index contributed by atoms with van der Waals surface area (Å²) >= 11 is 9.50. The molecule has 1 unspecified atom stereocenters. The molecule has 2 aromatic carbocycles. The first-order chi connectivity index (χ1) is 9.47. The van der Waals surface area contributed by atoms with Gasteiger partial charge in [-0.05, 0) is 41.7 Å². The summed E-state index contributed by atoms with van der Waals surface area (Å²) in [7, 11) is 0. The van der Waals surface area contributed by atoms with Crippen molar-refractivity contribution in [3.05, 3.63) is 70.0 Å². The zero-order valence-electron chi connectivity index (χ0n) is 11.5. The van der Waals surface area contributed by atoms with E-state index in [-0.39, 0.29) is 10.6 Å². The Labute approximate surface area is 133 Å². The van der Waals surface area contributed by atoms with Crippen molar-refractivity contribution in [1.82, 2.24) is 0 Å². The summed E-state index contributed by atoms with van der Waals surface area (Å²) in [5.41, 5.74) is 2.89. The lowest BCUT2D eigenvalue weighted by molar-refractivity contribution is 0.613. The van der Waals surface area contributed by atoms with E-state index in [4.69, 9.17) is 11.6 Å². The van der Waals surface area contributed by atoms with Crippen molar-refractivity contribution in [3.63, 3.8) is 0 Å². The first kappa shape index (κ1) is 15.5. The molecule has 0 heterocycles. The molecule has 0 spiro atoms. The quantitative estimate of drug-likeness (QED) is 0.576. The summed E-state index contributed by atoms with van der Waals surface area (Å²) in [4.78, 5) is -0.186. The Kier molecular flexibility index (Phi) is 5.22. The van der Waals surface area contributed by atoms with Gasteiger partial charge in [0.15, 0.2) is 0 Å². The molecule has 0 aliphatic rings. The van der Waals surface area contributed by atoms with Gasteiger partial charge in [-0.3, -0.25) is 0 Å². The molecule has 0 aliphatic carbocycles. The van der Waals surface area contributed by atoms with Crippen LogP contribution in [0.3, 0.4) is 0 Å². The fraction of sp³-hybridized carbons (Fsp3) is 0.294. The molecule has 20 heavy (non-hydrogen) atoms. The van der Waals surface area contributed by atoms with Crippen LogP contribution in [0.15, 0.2) is 42.5 Å². The van der Waals surface area contributed by atoms with Gasteiger partial charge in [0.1, 0.15) is 5.82 Å². The molecular weight excluding hydrogens is 339 g/mol. The highest BCUT2D eigenvalue weighted by Crippen LogP contribution is 2.34. The van der Waals surface area contributed by atoms with Gasteiger partial charge in [0.25, 0.3) is 0 Å². The van der Waals surface area contributed by atoms with Gasteiger partial charge in [0.05, 0.1) is 4.83 Å². The third kappa shape index (κ3) is 3.83. The number of rotatable bonds is 4. The second kappa shape index (κ2) is 6.73. The maximum absolute atomic E-state index is 13.9. The molecule has 0 aromatic heterocycles. The fourth-order valence-corrected chi connectivity index (χ4v) is 3.02. The second-order valence-electron chi connectivity index (χ2n) is 5.37. The lowest BCUT2D eigenvalue weighted by Gasteiger charge is -2.13. The summed E-state index contributed by atoms with van der Waals surface area (Å²) in [5.74, 6) is 0.383. The number of hydrogen-bond donors (Lipinski definition) is 0. The molecular formula is C17H17BrClF. The van der Waals surface area contributed by atoms with Crippen LogP contribution in [-0.4, -0.2) is 0 Å². The average molecular weight is 356 g/mol. The minimum Gasteiger partial charge on any atom is -0.207 e. The van der Waals surface area contributed by atoms with E-state index in [1.807, 2.05) is 12.1 Å². The predicted molar refractivity (Wildman–Crippen MR) is 87.2 cm³/mol.